The summed E-state index contributed by atoms with van der Waals surface area (Å²) < 4.78 is 0. The lowest BCUT2D eigenvalue weighted by Gasteiger charge is -2.09. The molecule has 0 saturated carbocycles. The predicted molar refractivity (Wildman–Crippen MR) is 115 cm³/mol. The van der Waals surface area contributed by atoms with Crippen LogP contribution in [0.1, 0.15) is 41.3 Å². The summed E-state index contributed by atoms with van der Waals surface area (Å²) in [6, 6.07) is 21.6. The van der Waals surface area contributed by atoms with Crippen LogP contribution in [0.15, 0.2) is 66.7 Å². The van der Waals surface area contributed by atoms with Gasteiger partial charge in [0.2, 0.25) is 0 Å². The number of aromatic nitrogens is 2. The van der Waals surface area contributed by atoms with Crippen molar-refractivity contribution in [2.45, 2.75) is 26.7 Å². The monoisotopic (exact) mass is 369 g/mol. The number of hydrogen-bond acceptors (Lipinski definition) is 2. The van der Waals surface area contributed by atoms with Crippen LogP contribution < -0.4 is 5.32 Å². The van der Waals surface area contributed by atoms with Gasteiger partial charge < -0.3 is 10.3 Å². The highest BCUT2D eigenvalue weighted by molar-refractivity contribution is 6.04. The van der Waals surface area contributed by atoms with Crippen molar-refractivity contribution >= 4 is 22.6 Å². The normalized spacial score (nSPS) is 11.1. The molecule has 1 heterocycles. The first-order valence-electron chi connectivity index (χ1n) is 9.48. The van der Waals surface area contributed by atoms with Crippen LogP contribution in [0.2, 0.25) is 0 Å². The number of fused-ring (bicyclic) bond motifs is 1. The van der Waals surface area contributed by atoms with E-state index in [0.29, 0.717) is 11.5 Å². The molecule has 4 nitrogen and oxygen atoms in total. The third-order valence-electron chi connectivity index (χ3n) is 4.89. The number of carbonyl (C=O) groups excluding carboxylic acids is 1. The van der Waals surface area contributed by atoms with E-state index in [1.54, 1.807) is 0 Å². The van der Waals surface area contributed by atoms with Crippen LogP contribution in [0.4, 0.5) is 5.69 Å². The Balaban J connectivity index is 1.50. The summed E-state index contributed by atoms with van der Waals surface area (Å²) >= 11 is 0. The first-order valence-corrected chi connectivity index (χ1v) is 9.48. The van der Waals surface area contributed by atoms with Crippen molar-refractivity contribution in [1.82, 2.24) is 9.97 Å². The van der Waals surface area contributed by atoms with Crippen molar-refractivity contribution in [1.29, 1.82) is 0 Å². The van der Waals surface area contributed by atoms with Crippen molar-refractivity contribution in [2.24, 2.45) is 0 Å². The van der Waals surface area contributed by atoms with E-state index in [9.17, 15) is 4.79 Å². The number of carbonyl (C=O) groups is 1. The van der Waals surface area contributed by atoms with Gasteiger partial charge in [-0.15, -0.1) is 0 Å². The lowest BCUT2D eigenvalue weighted by atomic mass is 10.0. The molecule has 1 amide bonds. The standard InChI is InChI=1S/C24H23N3O/c1-15(2)17-9-11-20(12-10-17)25-24(28)19-7-5-18(6-8-19)23-26-21-13-4-16(3)14-22(21)27-23/h4-15H,1-3H3,(H,25,28)(H,26,27). The lowest BCUT2D eigenvalue weighted by molar-refractivity contribution is 0.102. The fourth-order valence-electron chi connectivity index (χ4n) is 3.19. The van der Waals surface area contributed by atoms with Gasteiger partial charge in [-0.25, -0.2) is 4.98 Å². The van der Waals surface area contributed by atoms with Gasteiger partial charge in [0.05, 0.1) is 11.0 Å². The van der Waals surface area contributed by atoms with E-state index in [4.69, 9.17) is 0 Å². The van der Waals surface area contributed by atoms with Crippen molar-refractivity contribution in [3.05, 3.63) is 83.4 Å². The van der Waals surface area contributed by atoms with Gasteiger partial charge in [-0.1, -0.05) is 44.2 Å². The average molecular weight is 369 g/mol. The summed E-state index contributed by atoms with van der Waals surface area (Å²) in [5.41, 5.74) is 6.76. The van der Waals surface area contributed by atoms with E-state index in [2.05, 4.69) is 42.1 Å². The predicted octanol–water partition coefficient (Wildman–Crippen LogP) is 5.91. The molecule has 0 spiro atoms. The number of nitrogens with one attached hydrogen (secondary N) is 2. The molecule has 3 aromatic carbocycles. The highest BCUT2D eigenvalue weighted by atomic mass is 16.1. The van der Waals surface area contributed by atoms with E-state index in [-0.39, 0.29) is 5.91 Å². The number of nitrogens with zero attached hydrogens (tertiary/aromatic N) is 1. The Hall–Kier alpha value is -3.40. The van der Waals surface area contributed by atoms with Crippen molar-refractivity contribution in [3.63, 3.8) is 0 Å². The van der Waals surface area contributed by atoms with Gasteiger partial charge in [0.1, 0.15) is 5.82 Å². The lowest BCUT2D eigenvalue weighted by Crippen LogP contribution is -2.11. The Morgan fingerprint density at radius 2 is 1.68 bits per heavy atom. The zero-order chi connectivity index (χ0) is 19.7. The Morgan fingerprint density at radius 1 is 0.964 bits per heavy atom. The second-order valence-corrected chi connectivity index (χ2v) is 7.41. The number of imidazole rings is 1. The zero-order valence-corrected chi connectivity index (χ0v) is 16.3. The fourth-order valence-corrected chi connectivity index (χ4v) is 3.19. The fraction of sp³-hybridized carbons (Fsp3) is 0.167. The molecule has 28 heavy (non-hydrogen) atoms. The molecule has 0 fully saturated rings. The number of anilines is 1. The molecule has 2 N–H and O–H groups in total. The van der Waals surface area contributed by atoms with Crippen LogP contribution in [0.5, 0.6) is 0 Å². The van der Waals surface area contributed by atoms with Crippen LogP contribution in [0, 0.1) is 6.92 Å². The average Bonchev–Trinajstić information content (AvgIpc) is 3.11. The zero-order valence-electron chi connectivity index (χ0n) is 16.3. The molecule has 4 rings (SSSR count). The summed E-state index contributed by atoms with van der Waals surface area (Å²) in [5, 5.41) is 2.95. The van der Waals surface area contributed by atoms with Gasteiger partial charge in [-0.3, -0.25) is 4.79 Å². The topological polar surface area (TPSA) is 57.8 Å². The summed E-state index contributed by atoms with van der Waals surface area (Å²) in [6.45, 7) is 6.36. The summed E-state index contributed by atoms with van der Waals surface area (Å²) in [4.78, 5) is 20.5. The van der Waals surface area contributed by atoms with Crippen LogP contribution >= 0.6 is 0 Å². The Labute approximate surface area is 164 Å². The number of H-pyrrole nitrogens is 1. The number of benzene rings is 3. The molecule has 0 atom stereocenters. The van der Waals surface area contributed by atoms with Crippen LogP contribution in [-0.2, 0) is 0 Å². The third kappa shape index (κ3) is 3.67. The van der Waals surface area contributed by atoms with E-state index in [1.165, 1.54) is 11.1 Å². The van der Waals surface area contributed by atoms with E-state index in [0.717, 1.165) is 28.1 Å². The number of amides is 1. The Bertz CT molecular complexity index is 1120. The molecule has 0 unspecified atom stereocenters. The minimum atomic E-state index is -0.121. The van der Waals surface area contributed by atoms with Gasteiger partial charge in [0.25, 0.3) is 5.91 Å². The number of aryl methyl sites for hydroxylation is 1. The largest absolute Gasteiger partial charge is 0.338 e. The van der Waals surface area contributed by atoms with Gasteiger partial charge >= 0.3 is 0 Å². The van der Waals surface area contributed by atoms with Gasteiger partial charge in [0.15, 0.2) is 0 Å². The van der Waals surface area contributed by atoms with Crippen LogP contribution in [0.25, 0.3) is 22.4 Å². The van der Waals surface area contributed by atoms with E-state index in [1.807, 2.05) is 60.7 Å². The molecule has 0 saturated heterocycles. The second kappa shape index (κ2) is 7.31. The molecule has 4 aromatic rings. The summed E-state index contributed by atoms with van der Waals surface area (Å²) in [6.07, 6.45) is 0. The van der Waals surface area contributed by atoms with Gasteiger partial charge in [0, 0.05) is 16.8 Å². The second-order valence-electron chi connectivity index (χ2n) is 7.41. The molecule has 1 aromatic heterocycles. The van der Waals surface area contributed by atoms with Crippen LogP contribution in [-0.4, -0.2) is 15.9 Å². The molecule has 0 aliphatic carbocycles. The molecule has 0 aliphatic rings. The van der Waals surface area contributed by atoms with Gasteiger partial charge in [-0.05, 0) is 60.4 Å². The minimum absolute atomic E-state index is 0.121. The maximum atomic E-state index is 12.5. The van der Waals surface area contributed by atoms with Crippen molar-refractivity contribution in [2.75, 3.05) is 5.32 Å². The summed E-state index contributed by atoms with van der Waals surface area (Å²) in [7, 11) is 0. The molecule has 0 bridgehead atoms. The SMILES string of the molecule is Cc1ccc2nc(-c3ccc(C(=O)Nc4ccc(C(C)C)cc4)cc3)[nH]c2c1. The molecule has 4 heteroatoms. The van der Waals surface area contributed by atoms with Crippen molar-refractivity contribution < 1.29 is 4.79 Å². The smallest absolute Gasteiger partial charge is 0.255 e. The quantitative estimate of drug-likeness (QED) is 0.469. The van der Waals surface area contributed by atoms with Gasteiger partial charge in [-0.2, -0.15) is 0 Å². The van der Waals surface area contributed by atoms with Crippen LogP contribution in [0.3, 0.4) is 0 Å². The first-order chi connectivity index (χ1) is 13.5. The number of hydrogen-bond donors (Lipinski definition) is 2. The molecular weight excluding hydrogens is 346 g/mol. The first kappa shape index (κ1) is 18.0. The molecule has 140 valence electrons. The minimum Gasteiger partial charge on any atom is -0.338 e. The van der Waals surface area contributed by atoms with Crippen molar-refractivity contribution in [3.8, 4) is 11.4 Å². The Morgan fingerprint density at radius 3 is 2.36 bits per heavy atom. The summed E-state index contributed by atoms with van der Waals surface area (Å²) in [5.74, 6) is 1.15. The van der Waals surface area contributed by atoms with E-state index < -0.39 is 0 Å². The maximum Gasteiger partial charge on any atom is 0.255 e. The molecule has 0 aliphatic heterocycles. The highest BCUT2D eigenvalue weighted by Crippen LogP contribution is 2.22. The third-order valence-corrected chi connectivity index (χ3v) is 4.89. The number of aromatic amines is 1. The molecular formula is C24H23N3O. The number of rotatable bonds is 4. The molecule has 0 radical (unpaired) electrons. The Kier molecular flexibility index (Phi) is 4.70. The maximum absolute atomic E-state index is 12.5. The highest BCUT2D eigenvalue weighted by Gasteiger charge is 2.09. The van der Waals surface area contributed by atoms with E-state index >= 15 is 0 Å².